The molecule has 0 bridgehead atoms. The van der Waals surface area contributed by atoms with Crippen LogP contribution in [0.4, 0.5) is 0 Å². The number of carbonyl (C=O) groups is 2. The summed E-state index contributed by atoms with van der Waals surface area (Å²) < 4.78 is 1.45. The van der Waals surface area contributed by atoms with Crippen LogP contribution in [0.1, 0.15) is 52.7 Å². The first kappa shape index (κ1) is 15.0. The molecule has 4 heteroatoms. The Balaban J connectivity index is 2.51. The van der Waals surface area contributed by atoms with E-state index in [4.69, 9.17) is 5.11 Å². The van der Waals surface area contributed by atoms with Crippen LogP contribution in [-0.4, -0.2) is 21.4 Å². The molecule has 0 radical (unpaired) electrons. The predicted molar refractivity (Wildman–Crippen MR) is 80.9 cm³/mol. The van der Waals surface area contributed by atoms with E-state index in [0.717, 1.165) is 5.56 Å². The number of ketones is 1. The third-order valence-electron chi connectivity index (χ3n) is 3.47. The number of aromatic carboxylic acids is 1. The summed E-state index contributed by atoms with van der Waals surface area (Å²) in [5.74, 6) is -1.19. The number of benzene rings is 1. The van der Waals surface area contributed by atoms with Gasteiger partial charge in [-0.15, -0.1) is 0 Å². The van der Waals surface area contributed by atoms with Crippen LogP contribution in [-0.2, 0) is 12.5 Å². The molecule has 0 amide bonds. The highest BCUT2D eigenvalue weighted by atomic mass is 16.4. The van der Waals surface area contributed by atoms with E-state index in [2.05, 4.69) is 0 Å². The molecular weight excluding hydrogens is 266 g/mol. The fourth-order valence-corrected chi connectivity index (χ4v) is 2.39. The molecule has 1 N–H and O–H groups in total. The van der Waals surface area contributed by atoms with Gasteiger partial charge in [-0.25, -0.2) is 4.79 Å². The fourth-order valence-electron chi connectivity index (χ4n) is 2.39. The third kappa shape index (κ3) is 2.89. The average molecular weight is 285 g/mol. The second kappa shape index (κ2) is 5.20. The minimum Gasteiger partial charge on any atom is -0.477 e. The number of rotatable bonds is 3. The summed E-state index contributed by atoms with van der Waals surface area (Å²) in [5.41, 5.74) is 1.91. The lowest BCUT2D eigenvalue weighted by Crippen LogP contribution is -2.17. The van der Waals surface area contributed by atoms with E-state index in [1.54, 1.807) is 19.3 Å². The van der Waals surface area contributed by atoms with E-state index in [1.807, 2.05) is 39.0 Å². The van der Waals surface area contributed by atoms with E-state index >= 15 is 0 Å². The van der Waals surface area contributed by atoms with Crippen LogP contribution < -0.4 is 0 Å². The molecule has 0 atom stereocenters. The fraction of sp³-hybridized carbons (Fsp3) is 0.294. The molecule has 0 aliphatic heterocycles. The first-order chi connectivity index (χ1) is 9.71. The van der Waals surface area contributed by atoms with Crippen molar-refractivity contribution in [2.24, 2.45) is 7.05 Å². The maximum Gasteiger partial charge on any atom is 0.352 e. The summed E-state index contributed by atoms with van der Waals surface area (Å²) in [7, 11) is 1.62. The molecule has 1 heterocycles. The molecule has 2 rings (SSSR count). The van der Waals surface area contributed by atoms with E-state index < -0.39 is 5.97 Å². The summed E-state index contributed by atoms with van der Waals surface area (Å²) in [6.45, 7) is 6.15. The van der Waals surface area contributed by atoms with Crippen LogP contribution in [0.15, 0.2) is 36.5 Å². The standard InChI is InChI=1S/C17H19NO3/c1-17(2,3)13-8-6-5-7-12(13)15(19)11-9-14(16(20)21)18(4)10-11/h5-10H,1-4H3,(H,20,21). The molecule has 1 aromatic heterocycles. The molecule has 0 unspecified atom stereocenters. The number of hydrogen-bond acceptors (Lipinski definition) is 2. The summed E-state index contributed by atoms with van der Waals surface area (Å²) in [6.07, 6.45) is 1.56. The lowest BCUT2D eigenvalue weighted by atomic mass is 9.82. The maximum absolute atomic E-state index is 12.7. The number of carboxylic acid groups (broad SMARTS) is 1. The van der Waals surface area contributed by atoms with Crippen molar-refractivity contribution in [1.82, 2.24) is 4.57 Å². The molecular formula is C17H19NO3. The summed E-state index contributed by atoms with van der Waals surface area (Å²) in [5, 5.41) is 9.08. The number of aromatic nitrogens is 1. The van der Waals surface area contributed by atoms with Crippen LogP contribution in [0.25, 0.3) is 0 Å². The first-order valence-electron chi connectivity index (χ1n) is 6.75. The molecule has 0 aliphatic carbocycles. The van der Waals surface area contributed by atoms with Crippen molar-refractivity contribution in [1.29, 1.82) is 0 Å². The van der Waals surface area contributed by atoms with Gasteiger partial charge in [0.1, 0.15) is 5.69 Å². The third-order valence-corrected chi connectivity index (χ3v) is 3.47. The number of carbonyl (C=O) groups excluding carboxylic acids is 1. The number of nitrogens with zero attached hydrogens (tertiary/aromatic N) is 1. The smallest absolute Gasteiger partial charge is 0.352 e. The Labute approximate surface area is 124 Å². The van der Waals surface area contributed by atoms with Crippen molar-refractivity contribution >= 4 is 11.8 Å². The van der Waals surface area contributed by atoms with Gasteiger partial charge in [-0.1, -0.05) is 45.0 Å². The number of hydrogen-bond donors (Lipinski definition) is 1. The lowest BCUT2D eigenvalue weighted by molar-refractivity contribution is 0.0686. The second-order valence-corrected chi connectivity index (χ2v) is 6.15. The van der Waals surface area contributed by atoms with E-state index in [1.165, 1.54) is 10.6 Å². The molecule has 4 nitrogen and oxygen atoms in total. The molecule has 2 aromatic rings. The summed E-state index contributed by atoms with van der Waals surface area (Å²) >= 11 is 0. The van der Waals surface area contributed by atoms with Crippen molar-refractivity contribution < 1.29 is 14.7 Å². The van der Waals surface area contributed by atoms with E-state index in [0.29, 0.717) is 11.1 Å². The first-order valence-corrected chi connectivity index (χ1v) is 6.75. The highest BCUT2D eigenvalue weighted by molar-refractivity contribution is 6.11. The van der Waals surface area contributed by atoms with Crippen LogP contribution in [0.2, 0.25) is 0 Å². The minimum atomic E-state index is -1.04. The largest absolute Gasteiger partial charge is 0.477 e. The molecule has 21 heavy (non-hydrogen) atoms. The zero-order valence-electron chi connectivity index (χ0n) is 12.7. The minimum absolute atomic E-state index is 0.103. The quantitative estimate of drug-likeness (QED) is 0.881. The number of carboxylic acids is 1. The van der Waals surface area contributed by atoms with Crippen LogP contribution in [0.5, 0.6) is 0 Å². The Morgan fingerprint density at radius 1 is 1.14 bits per heavy atom. The van der Waals surface area contributed by atoms with Crippen molar-refractivity contribution in [3.63, 3.8) is 0 Å². The van der Waals surface area contributed by atoms with Crippen molar-refractivity contribution in [3.8, 4) is 0 Å². The Morgan fingerprint density at radius 3 is 2.29 bits per heavy atom. The Bertz CT molecular complexity index is 705. The average Bonchev–Trinajstić information content (AvgIpc) is 2.79. The van der Waals surface area contributed by atoms with Crippen LogP contribution in [0, 0.1) is 0 Å². The van der Waals surface area contributed by atoms with Gasteiger partial charge in [-0.05, 0) is 17.0 Å². The Kier molecular flexibility index (Phi) is 3.73. The van der Waals surface area contributed by atoms with Gasteiger partial charge in [0.25, 0.3) is 0 Å². The van der Waals surface area contributed by atoms with Crippen molar-refractivity contribution in [3.05, 3.63) is 58.9 Å². The highest BCUT2D eigenvalue weighted by Gasteiger charge is 2.23. The molecule has 0 saturated heterocycles. The van der Waals surface area contributed by atoms with Crippen LogP contribution in [0.3, 0.4) is 0 Å². The number of aryl methyl sites for hydroxylation is 1. The summed E-state index contributed by atoms with van der Waals surface area (Å²) in [4.78, 5) is 23.8. The van der Waals surface area contributed by atoms with Crippen LogP contribution >= 0.6 is 0 Å². The van der Waals surface area contributed by atoms with Gasteiger partial charge in [0.2, 0.25) is 0 Å². The van der Waals surface area contributed by atoms with Gasteiger partial charge in [0.05, 0.1) is 0 Å². The topological polar surface area (TPSA) is 59.3 Å². The molecule has 0 fully saturated rings. The van der Waals surface area contributed by atoms with Gasteiger partial charge in [-0.2, -0.15) is 0 Å². The zero-order chi connectivity index (χ0) is 15.8. The molecule has 0 aliphatic rings. The van der Waals surface area contributed by atoms with E-state index in [9.17, 15) is 9.59 Å². The van der Waals surface area contributed by atoms with Crippen molar-refractivity contribution in [2.45, 2.75) is 26.2 Å². The SMILES string of the molecule is Cn1cc(C(=O)c2ccccc2C(C)(C)C)cc1C(=O)O. The Morgan fingerprint density at radius 2 is 1.76 bits per heavy atom. The highest BCUT2D eigenvalue weighted by Crippen LogP contribution is 2.27. The van der Waals surface area contributed by atoms with Gasteiger partial charge < -0.3 is 9.67 Å². The van der Waals surface area contributed by atoms with Gasteiger partial charge >= 0.3 is 5.97 Å². The van der Waals surface area contributed by atoms with Gasteiger partial charge in [-0.3, -0.25) is 4.79 Å². The van der Waals surface area contributed by atoms with Gasteiger partial charge in [0, 0.05) is 24.4 Å². The second-order valence-electron chi connectivity index (χ2n) is 6.15. The molecule has 110 valence electrons. The molecule has 1 aromatic carbocycles. The Hall–Kier alpha value is -2.36. The van der Waals surface area contributed by atoms with Crippen molar-refractivity contribution in [2.75, 3.05) is 0 Å². The zero-order valence-corrected chi connectivity index (χ0v) is 12.7. The van der Waals surface area contributed by atoms with Gasteiger partial charge in [0.15, 0.2) is 5.78 Å². The monoisotopic (exact) mass is 285 g/mol. The van der Waals surface area contributed by atoms with E-state index in [-0.39, 0.29) is 16.9 Å². The molecule has 0 saturated carbocycles. The maximum atomic E-state index is 12.7. The summed E-state index contributed by atoms with van der Waals surface area (Å²) in [6, 6.07) is 8.88. The lowest BCUT2D eigenvalue weighted by Gasteiger charge is -2.22. The molecule has 0 spiro atoms. The predicted octanol–water partition coefficient (Wildman–Crippen LogP) is 3.25. The normalized spacial score (nSPS) is 11.4.